The highest BCUT2D eigenvalue weighted by Gasteiger charge is 2.20. The summed E-state index contributed by atoms with van der Waals surface area (Å²) in [6.07, 6.45) is 0. The van der Waals surface area contributed by atoms with Crippen LogP contribution >= 0.6 is 11.6 Å². The number of rotatable bonds is 2. The molecule has 76 valence electrons. The van der Waals surface area contributed by atoms with Crippen LogP contribution in [0.3, 0.4) is 0 Å². The van der Waals surface area contributed by atoms with Gasteiger partial charge in [0.2, 0.25) is 0 Å². The molecule has 14 heavy (non-hydrogen) atoms. The fourth-order valence-electron chi connectivity index (χ4n) is 1.15. The summed E-state index contributed by atoms with van der Waals surface area (Å²) in [7, 11) is -1.83. The van der Waals surface area contributed by atoms with E-state index in [1.54, 1.807) is 0 Å². The second kappa shape index (κ2) is 4.30. The van der Waals surface area contributed by atoms with Gasteiger partial charge in [0.15, 0.2) is 0 Å². The summed E-state index contributed by atoms with van der Waals surface area (Å²) in [5.41, 5.74) is 0.598. The van der Waals surface area contributed by atoms with Gasteiger partial charge in [0.05, 0.1) is 5.02 Å². The van der Waals surface area contributed by atoms with Crippen molar-refractivity contribution in [2.75, 3.05) is 0 Å². The van der Waals surface area contributed by atoms with E-state index in [-0.39, 0.29) is 16.4 Å². The summed E-state index contributed by atoms with van der Waals surface area (Å²) in [6.45, 7) is 3.83. The fraction of sp³-hybridized carbons (Fsp3) is 0.333. The first kappa shape index (κ1) is 11.5. The van der Waals surface area contributed by atoms with Crippen molar-refractivity contribution in [1.82, 2.24) is 0 Å². The topological polar surface area (TPSA) is 40.5 Å². The minimum absolute atomic E-state index is 0.0840. The lowest BCUT2D eigenvalue weighted by atomic mass is 9.78. The van der Waals surface area contributed by atoms with Gasteiger partial charge in [0.1, 0.15) is 5.82 Å². The van der Waals surface area contributed by atoms with E-state index in [4.69, 9.17) is 21.6 Å². The smallest absolute Gasteiger partial charge is 0.423 e. The van der Waals surface area contributed by atoms with E-state index >= 15 is 0 Å². The predicted octanol–water partition coefficient (Wildman–Crippen LogP) is 1.28. The van der Waals surface area contributed by atoms with Gasteiger partial charge in [-0.1, -0.05) is 31.5 Å². The van der Waals surface area contributed by atoms with Crippen LogP contribution in [-0.2, 0) is 0 Å². The van der Waals surface area contributed by atoms with Crippen molar-refractivity contribution in [2.24, 2.45) is 0 Å². The molecule has 0 aliphatic heterocycles. The molecule has 0 heterocycles. The summed E-state index contributed by atoms with van der Waals surface area (Å²) < 4.78 is 13.2. The van der Waals surface area contributed by atoms with Gasteiger partial charge in [-0.15, -0.1) is 0 Å². The van der Waals surface area contributed by atoms with Gasteiger partial charge in [-0.05, 0) is 17.5 Å². The second-order valence-electron chi connectivity index (χ2n) is 3.43. The molecule has 0 amide bonds. The average molecular weight is 216 g/mol. The Balaban J connectivity index is 3.28. The standard InChI is InChI=1S/C9H11BClFO2/c1-5(2)6-3-7(10(13)14)9(12)8(11)4-6/h3-5,13-14H,1-2H3. The van der Waals surface area contributed by atoms with E-state index in [9.17, 15) is 4.39 Å². The molecule has 0 fully saturated rings. The van der Waals surface area contributed by atoms with Gasteiger partial charge in [-0.2, -0.15) is 0 Å². The second-order valence-corrected chi connectivity index (χ2v) is 3.84. The summed E-state index contributed by atoms with van der Waals surface area (Å²) in [5.74, 6) is -0.614. The third-order valence-electron chi connectivity index (χ3n) is 2.02. The molecule has 2 N–H and O–H groups in total. The van der Waals surface area contributed by atoms with Crippen LogP contribution in [0.25, 0.3) is 0 Å². The Morgan fingerprint density at radius 2 is 1.93 bits per heavy atom. The maximum atomic E-state index is 13.2. The minimum atomic E-state index is -1.83. The van der Waals surface area contributed by atoms with Crippen molar-refractivity contribution < 1.29 is 14.4 Å². The third kappa shape index (κ3) is 2.26. The lowest BCUT2D eigenvalue weighted by Gasteiger charge is -2.10. The van der Waals surface area contributed by atoms with E-state index < -0.39 is 12.9 Å². The van der Waals surface area contributed by atoms with Crippen molar-refractivity contribution in [3.05, 3.63) is 28.5 Å². The van der Waals surface area contributed by atoms with Gasteiger partial charge in [0, 0.05) is 5.46 Å². The molecular formula is C9H11BClFO2. The van der Waals surface area contributed by atoms with Gasteiger partial charge in [-0.3, -0.25) is 0 Å². The zero-order valence-corrected chi connectivity index (χ0v) is 8.72. The maximum Gasteiger partial charge on any atom is 0.491 e. The molecule has 2 nitrogen and oxygen atoms in total. The number of hydrogen-bond donors (Lipinski definition) is 2. The van der Waals surface area contributed by atoms with Crippen molar-refractivity contribution in [3.8, 4) is 0 Å². The van der Waals surface area contributed by atoms with Crippen molar-refractivity contribution in [2.45, 2.75) is 19.8 Å². The van der Waals surface area contributed by atoms with Crippen LogP contribution in [-0.4, -0.2) is 17.2 Å². The predicted molar refractivity (Wildman–Crippen MR) is 55.3 cm³/mol. The Morgan fingerprint density at radius 1 is 1.36 bits per heavy atom. The Morgan fingerprint density at radius 3 is 2.36 bits per heavy atom. The van der Waals surface area contributed by atoms with Crippen molar-refractivity contribution >= 4 is 24.2 Å². The Labute approximate surface area is 87.5 Å². The normalized spacial score (nSPS) is 10.8. The average Bonchev–Trinajstić information content (AvgIpc) is 2.08. The van der Waals surface area contributed by atoms with Gasteiger partial charge < -0.3 is 10.0 Å². The molecular weight excluding hydrogens is 205 g/mol. The molecule has 5 heteroatoms. The zero-order valence-electron chi connectivity index (χ0n) is 7.96. The highest BCUT2D eigenvalue weighted by Crippen LogP contribution is 2.20. The molecule has 0 atom stereocenters. The zero-order chi connectivity index (χ0) is 10.9. The summed E-state index contributed by atoms with van der Waals surface area (Å²) >= 11 is 5.61. The molecule has 0 aliphatic carbocycles. The van der Waals surface area contributed by atoms with E-state index in [0.717, 1.165) is 5.56 Å². The Bertz CT molecular complexity index is 342. The van der Waals surface area contributed by atoms with E-state index in [0.29, 0.717) is 0 Å². The van der Waals surface area contributed by atoms with Crippen LogP contribution in [0.5, 0.6) is 0 Å². The first-order valence-electron chi connectivity index (χ1n) is 4.28. The first-order valence-corrected chi connectivity index (χ1v) is 4.66. The van der Waals surface area contributed by atoms with Crippen molar-refractivity contribution in [3.63, 3.8) is 0 Å². The van der Waals surface area contributed by atoms with E-state index in [1.165, 1.54) is 12.1 Å². The number of benzene rings is 1. The summed E-state index contributed by atoms with van der Waals surface area (Å²) in [6, 6.07) is 2.91. The molecule has 0 aliphatic rings. The van der Waals surface area contributed by atoms with Crippen LogP contribution in [0.15, 0.2) is 12.1 Å². The quantitative estimate of drug-likeness (QED) is 0.731. The molecule has 1 aromatic carbocycles. The molecule has 1 rings (SSSR count). The summed E-state index contributed by atoms with van der Waals surface area (Å²) in [4.78, 5) is 0. The highest BCUT2D eigenvalue weighted by atomic mass is 35.5. The van der Waals surface area contributed by atoms with Crippen LogP contribution in [0.4, 0.5) is 4.39 Å². The SMILES string of the molecule is CC(C)c1cc(Cl)c(F)c(B(O)O)c1. The van der Waals surface area contributed by atoms with Crippen LogP contribution in [0.2, 0.25) is 5.02 Å². The van der Waals surface area contributed by atoms with E-state index in [2.05, 4.69) is 0 Å². The number of hydrogen-bond acceptors (Lipinski definition) is 2. The fourth-order valence-corrected chi connectivity index (χ4v) is 1.39. The lowest BCUT2D eigenvalue weighted by molar-refractivity contribution is 0.423. The minimum Gasteiger partial charge on any atom is -0.423 e. The Kier molecular flexibility index (Phi) is 3.53. The molecule has 0 unspecified atom stereocenters. The molecule has 0 aromatic heterocycles. The third-order valence-corrected chi connectivity index (χ3v) is 2.30. The van der Waals surface area contributed by atoms with Gasteiger partial charge in [-0.25, -0.2) is 4.39 Å². The molecule has 1 aromatic rings. The number of halogens is 2. The van der Waals surface area contributed by atoms with Crippen LogP contribution in [0.1, 0.15) is 25.3 Å². The monoisotopic (exact) mass is 216 g/mol. The van der Waals surface area contributed by atoms with Gasteiger partial charge in [0.25, 0.3) is 0 Å². The van der Waals surface area contributed by atoms with Crippen molar-refractivity contribution in [1.29, 1.82) is 0 Å². The van der Waals surface area contributed by atoms with E-state index in [1.807, 2.05) is 13.8 Å². The molecule has 0 bridgehead atoms. The Hall–Kier alpha value is -0.575. The maximum absolute atomic E-state index is 13.2. The highest BCUT2D eigenvalue weighted by molar-refractivity contribution is 6.59. The molecule has 0 saturated heterocycles. The lowest BCUT2D eigenvalue weighted by Crippen LogP contribution is -2.33. The largest absolute Gasteiger partial charge is 0.491 e. The molecule has 0 saturated carbocycles. The van der Waals surface area contributed by atoms with Crippen LogP contribution < -0.4 is 5.46 Å². The molecule has 0 radical (unpaired) electrons. The van der Waals surface area contributed by atoms with Gasteiger partial charge >= 0.3 is 7.12 Å². The van der Waals surface area contributed by atoms with Crippen LogP contribution in [0, 0.1) is 5.82 Å². The molecule has 0 spiro atoms. The first-order chi connectivity index (χ1) is 6.43. The summed E-state index contributed by atoms with van der Waals surface area (Å²) in [5, 5.41) is 17.7.